The van der Waals surface area contributed by atoms with E-state index in [1.807, 2.05) is 6.92 Å². The molecular weight excluding hydrogens is 224 g/mol. The molecule has 4 saturated carbocycles. The molecule has 4 aliphatic carbocycles. The first-order chi connectivity index (χ1) is 8.48. The zero-order valence-corrected chi connectivity index (χ0v) is 11.6. The molecule has 2 atom stereocenters. The van der Waals surface area contributed by atoms with Gasteiger partial charge in [0.1, 0.15) is 0 Å². The van der Waals surface area contributed by atoms with E-state index in [2.05, 4.69) is 12.2 Å². The topological polar surface area (TPSA) is 55.1 Å². The van der Waals surface area contributed by atoms with Gasteiger partial charge in [0.15, 0.2) is 0 Å². The van der Waals surface area contributed by atoms with E-state index in [4.69, 9.17) is 5.73 Å². The second kappa shape index (κ2) is 4.22. The van der Waals surface area contributed by atoms with Crippen LogP contribution in [0.5, 0.6) is 0 Å². The summed E-state index contributed by atoms with van der Waals surface area (Å²) in [6.07, 6.45) is 8.53. The maximum atomic E-state index is 11.2. The largest absolute Gasteiger partial charge is 0.368 e. The quantitative estimate of drug-likeness (QED) is 0.802. The molecule has 0 aromatic heterocycles. The molecular formula is C15H26N2O. The van der Waals surface area contributed by atoms with Crippen molar-refractivity contribution in [2.75, 3.05) is 0 Å². The van der Waals surface area contributed by atoms with Gasteiger partial charge in [0.05, 0.1) is 6.04 Å². The molecule has 0 spiro atoms. The lowest BCUT2D eigenvalue weighted by molar-refractivity contribution is -0.120. The molecule has 4 rings (SSSR count). The minimum atomic E-state index is -0.230. The first-order valence-electron chi connectivity index (χ1n) is 7.54. The van der Waals surface area contributed by atoms with Crippen molar-refractivity contribution < 1.29 is 4.79 Å². The lowest BCUT2D eigenvalue weighted by Crippen LogP contribution is -2.57. The van der Waals surface area contributed by atoms with Gasteiger partial charge in [-0.1, -0.05) is 0 Å². The Morgan fingerprint density at radius 1 is 1.11 bits per heavy atom. The van der Waals surface area contributed by atoms with Gasteiger partial charge < -0.3 is 11.1 Å². The molecule has 4 bridgehead atoms. The number of nitrogens with two attached hydrogens (primary N) is 1. The van der Waals surface area contributed by atoms with Gasteiger partial charge in [-0.3, -0.25) is 4.79 Å². The highest BCUT2D eigenvalue weighted by atomic mass is 16.1. The average molecular weight is 250 g/mol. The summed E-state index contributed by atoms with van der Waals surface area (Å²) in [6.45, 7) is 4.16. The molecule has 18 heavy (non-hydrogen) atoms. The summed E-state index contributed by atoms with van der Waals surface area (Å²) >= 11 is 0. The molecule has 3 heteroatoms. The van der Waals surface area contributed by atoms with Crippen LogP contribution in [-0.2, 0) is 4.79 Å². The fraction of sp³-hybridized carbons (Fsp3) is 0.933. The molecule has 0 heterocycles. The fourth-order valence-corrected chi connectivity index (χ4v) is 5.34. The minimum absolute atomic E-state index is 0.201. The second-order valence-corrected chi connectivity index (χ2v) is 7.29. The van der Waals surface area contributed by atoms with Gasteiger partial charge in [-0.05, 0) is 75.5 Å². The summed E-state index contributed by atoms with van der Waals surface area (Å²) < 4.78 is 0. The highest BCUT2D eigenvalue weighted by Gasteiger charge is 2.53. The van der Waals surface area contributed by atoms with Crippen molar-refractivity contribution in [2.45, 2.75) is 64.5 Å². The Bertz CT molecular complexity index is 317. The summed E-state index contributed by atoms with van der Waals surface area (Å²) in [6, 6.07) is 0.224. The molecule has 0 aromatic carbocycles. The molecule has 0 unspecified atom stereocenters. The maximum Gasteiger partial charge on any atom is 0.234 e. The Morgan fingerprint density at radius 3 is 1.94 bits per heavy atom. The van der Waals surface area contributed by atoms with Crippen molar-refractivity contribution in [3.63, 3.8) is 0 Å². The molecule has 4 aliphatic rings. The van der Waals surface area contributed by atoms with Crippen molar-refractivity contribution in [2.24, 2.45) is 28.9 Å². The summed E-state index contributed by atoms with van der Waals surface area (Å²) in [5, 5.41) is 3.46. The molecule has 4 fully saturated rings. The summed E-state index contributed by atoms with van der Waals surface area (Å²) in [7, 11) is 0. The zero-order chi connectivity index (χ0) is 12.9. The van der Waals surface area contributed by atoms with Crippen molar-refractivity contribution in [1.82, 2.24) is 5.32 Å². The van der Waals surface area contributed by atoms with Gasteiger partial charge in [-0.25, -0.2) is 0 Å². The minimum Gasteiger partial charge on any atom is -0.368 e. The Hall–Kier alpha value is -0.570. The van der Waals surface area contributed by atoms with Crippen LogP contribution in [0.4, 0.5) is 0 Å². The normalized spacial score (nSPS) is 44.9. The van der Waals surface area contributed by atoms with Crippen LogP contribution in [0.2, 0.25) is 0 Å². The number of primary amides is 1. The van der Waals surface area contributed by atoms with E-state index >= 15 is 0 Å². The van der Waals surface area contributed by atoms with E-state index in [9.17, 15) is 4.79 Å². The standard InChI is InChI=1S/C15H26N2O/c1-9(14(16)18)17-10(2)15-6-11-3-12(7-15)5-13(4-11)8-15/h9-13,17H,3-8H2,1-2H3,(H2,16,18)/t9-,10-,11?,12?,13?,15?/m0/s1. The first-order valence-corrected chi connectivity index (χ1v) is 7.54. The van der Waals surface area contributed by atoms with Gasteiger partial charge in [-0.2, -0.15) is 0 Å². The number of nitrogens with one attached hydrogen (secondary N) is 1. The Labute approximate surface area is 110 Å². The van der Waals surface area contributed by atoms with Crippen LogP contribution in [0, 0.1) is 23.2 Å². The number of hydrogen-bond acceptors (Lipinski definition) is 2. The van der Waals surface area contributed by atoms with Crippen molar-refractivity contribution in [3.8, 4) is 0 Å². The molecule has 3 nitrogen and oxygen atoms in total. The van der Waals surface area contributed by atoms with Gasteiger partial charge >= 0.3 is 0 Å². The predicted molar refractivity (Wildman–Crippen MR) is 71.9 cm³/mol. The third-order valence-electron chi connectivity index (χ3n) is 5.93. The molecule has 0 aromatic rings. The average Bonchev–Trinajstić information content (AvgIpc) is 2.26. The predicted octanol–water partition coefficient (Wildman–Crippen LogP) is 2.05. The third kappa shape index (κ3) is 1.97. The number of carbonyl (C=O) groups excluding carboxylic acids is 1. The first kappa shape index (κ1) is 12.5. The van der Waals surface area contributed by atoms with Crippen LogP contribution in [0.3, 0.4) is 0 Å². The lowest BCUT2D eigenvalue weighted by Gasteiger charge is -2.59. The van der Waals surface area contributed by atoms with Gasteiger partial charge in [0.2, 0.25) is 5.91 Å². The van der Waals surface area contributed by atoms with Crippen LogP contribution >= 0.6 is 0 Å². The fourth-order valence-electron chi connectivity index (χ4n) is 5.34. The van der Waals surface area contributed by atoms with Crippen molar-refractivity contribution >= 4 is 5.91 Å². The van der Waals surface area contributed by atoms with E-state index in [0.29, 0.717) is 11.5 Å². The van der Waals surface area contributed by atoms with Crippen LogP contribution < -0.4 is 11.1 Å². The van der Waals surface area contributed by atoms with E-state index in [0.717, 1.165) is 17.8 Å². The van der Waals surface area contributed by atoms with Crippen LogP contribution in [0.1, 0.15) is 52.4 Å². The summed E-state index contributed by atoms with van der Waals surface area (Å²) in [4.78, 5) is 11.2. The Morgan fingerprint density at radius 2 is 1.56 bits per heavy atom. The maximum absolute atomic E-state index is 11.2. The lowest BCUT2D eigenvalue weighted by atomic mass is 9.48. The third-order valence-corrected chi connectivity index (χ3v) is 5.93. The molecule has 0 aliphatic heterocycles. The van der Waals surface area contributed by atoms with Crippen LogP contribution in [0.25, 0.3) is 0 Å². The monoisotopic (exact) mass is 250 g/mol. The molecule has 3 N–H and O–H groups in total. The van der Waals surface area contributed by atoms with Gasteiger partial charge in [-0.15, -0.1) is 0 Å². The summed E-state index contributed by atoms with van der Waals surface area (Å²) in [5.74, 6) is 2.66. The number of amides is 1. The summed E-state index contributed by atoms with van der Waals surface area (Å²) in [5.41, 5.74) is 5.83. The Kier molecular flexibility index (Phi) is 2.92. The number of hydrogen-bond donors (Lipinski definition) is 2. The Balaban J connectivity index is 1.72. The SMILES string of the molecule is C[C@H](N[C@@H](C)C12CC3CC(CC(C3)C1)C2)C(N)=O. The van der Waals surface area contributed by atoms with Crippen LogP contribution in [0.15, 0.2) is 0 Å². The van der Waals surface area contributed by atoms with Gasteiger partial charge in [0, 0.05) is 6.04 Å². The highest BCUT2D eigenvalue weighted by molar-refractivity contribution is 5.79. The van der Waals surface area contributed by atoms with Crippen molar-refractivity contribution in [1.29, 1.82) is 0 Å². The smallest absolute Gasteiger partial charge is 0.234 e. The zero-order valence-electron chi connectivity index (χ0n) is 11.6. The number of carbonyl (C=O) groups is 1. The van der Waals surface area contributed by atoms with E-state index in [1.54, 1.807) is 0 Å². The van der Waals surface area contributed by atoms with Crippen LogP contribution in [-0.4, -0.2) is 18.0 Å². The van der Waals surface area contributed by atoms with E-state index in [1.165, 1.54) is 38.5 Å². The number of rotatable bonds is 4. The molecule has 0 saturated heterocycles. The van der Waals surface area contributed by atoms with Crippen molar-refractivity contribution in [3.05, 3.63) is 0 Å². The second-order valence-electron chi connectivity index (χ2n) is 7.29. The van der Waals surface area contributed by atoms with Gasteiger partial charge in [0.25, 0.3) is 0 Å². The molecule has 102 valence electrons. The molecule has 1 amide bonds. The molecule has 0 radical (unpaired) electrons. The van der Waals surface area contributed by atoms with E-state index < -0.39 is 0 Å². The van der Waals surface area contributed by atoms with E-state index in [-0.39, 0.29) is 11.9 Å². The highest BCUT2D eigenvalue weighted by Crippen LogP contribution is 2.61.